The van der Waals surface area contributed by atoms with Crippen LogP contribution in [-0.4, -0.2) is 11.1 Å². The minimum atomic E-state index is -0.864. The average Bonchev–Trinajstić information content (AvgIpc) is 2.75. The van der Waals surface area contributed by atoms with Crippen molar-refractivity contribution in [1.82, 2.24) is 0 Å². The molecule has 0 saturated carbocycles. The third kappa shape index (κ3) is 5.26. The van der Waals surface area contributed by atoms with Crippen LogP contribution in [0.5, 0.6) is 0 Å². The van der Waals surface area contributed by atoms with E-state index in [2.05, 4.69) is 25.1 Å². The molecule has 1 aliphatic rings. The summed E-state index contributed by atoms with van der Waals surface area (Å²) in [6.45, 7) is 2.25. The number of carboxylic acid groups (broad SMARTS) is 1. The van der Waals surface area contributed by atoms with Crippen LogP contribution in [-0.2, 0) is 6.42 Å². The SMILES string of the molecule is CCCCCCCCC1CCc2cc(C(=O)O)ccc2C1c1ccc(C#N)cc1. The summed E-state index contributed by atoms with van der Waals surface area (Å²) in [5.41, 5.74) is 4.72. The standard InChI is InChI=1S/C26H31NO2/c1-2-3-4-5-6-7-8-20-13-14-22-17-23(26(28)29)15-16-24(22)25(20)21-11-9-19(18-27)10-12-21/h9-12,15-17,20,25H,2-8,13-14H2,1H3,(H,28,29). The molecule has 0 radical (unpaired) electrons. The lowest BCUT2D eigenvalue weighted by atomic mass is 9.70. The van der Waals surface area contributed by atoms with Gasteiger partial charge in [0.05, 0.1) is 17.2 Å². The number of nitrogens with zero attached hydrogens (tertiary/aromatic N) is 1. The lowest BCUT2D eigenvalue weighted by Gasteiger charge is -2.34. The Morgan fingerprint density at radius 1 is 1.07 bits per heavy atom. The summed E-state index contributed by atoms with van der Waals surface area (Å²) in [5.74, 6) is -0.0146. The number of nitriles is 1. The van der Waals surface area contributed by atoms with Crippen molar-refractivity contribution in [1.29, 1.82) is 5.26 Å². The van der Waals surface area contributed by atoms with Gasteiger partial charge in [0, 0.05) is 5.92 Å². The number of fused-ring (bicyclic) bond motifs is 1. The zero-order valence-corrected chi connectivity index (χ0v) is 17.4. The Kier molecular flexibility index (Phi) is 7.47. The maximum Gasteiger partial charge on any atom is 0.335 e. The first-order chi connectivity index (χ1) is 14.1. The van der Waals surface area contributed by atoms with Gasteiger partial charge < -0.3 is 5.11 Å². The topological polar surface area (TPSA) is 61.1 Å². The van der Waals surface area contributed by atoms with E-state index >= 15 is 0 Å². The van der Waals surface area contributed by atoms with Crippen LogP contribution in [0.1, 0.15) is 96.8 Å². The molecular formula is C26H31NO2. The summed E-state index contributed by atoms with van der Waals surface area (Å²) >= 11 is 0. The second kappa shape index (κ2) is 10.3. The zero-order valence-electron chi connectivity index (χ0n) is 17.4. The molecule has 0 saturated heterocycles. The maximum atomic E-state index is 11.4. The molecule has 3 heteroatoms. The minimum absolute atomic E-state index is 0.282. The second-order valence-corrected chi connectivity index (χ2v) is 8.29. The first-order valence-electron chi connectivity index (χ1n) is 11.0. The molecule has 152 valence electrons. The van der Waals surface area contributed by atoms with Gasteiger partial charge in [0.1, 0.15) is 0 Å². The van der Waals surface area contributed by atoms with Gasteiger partial charge in [-0.05, 0) is 66.1 Å². The Morgan fingerprint density at radius 3 is 2.48 bits per heavy atom. The van der Waals surface area contributed by atoms with Crippen molar-refractivity contribution in [2.45, 2.75) is 70.6 Å². The van der Waals surface area contributed by atoms with Crippen molar-refractivity contribution in [2.75, 3.05) is 0 Å². The number of carbonyl (C=O) groups is 1. The number of unbranched alkanes of at least 4 members (excludes halogenated alkanes) is 5. The fourth-order valence-corrected chi connectivity index (χ4v) is 4.73. The third-order valence-electron chi connectivity index (χ3n) is 6.31. The zero-order chi connectivity index (χ0) is 20.6. The van der Waals surface area contributed by atoms with E-state index in [1.165, 1.54) is 61.6 Å². The fraction of sp³-hybridized carbons (Fsp3) is 0.462. The summed E-state index contributed by atoms with van der Waals surface area (Å²) in [6.07, 6.45) is 11.1. The largest absolute Gasteiger partial charge is 0.478 e. The van der Waals surface area contributed by atoms with Gasteiger partial charge in [0.15, 0.2) is 0 Å². The van der Waals surface area contributed by atoms with Gasteiger partial charge in [-0.2, -0.15) is 5.26 Å². The minimum Gasteiger partial charge on any atom is -0.478 e. The number of hydrogen-bond acceptors (Lipinski definition) is 2. The molecule has 0 amide bonds. The van der Waals surface area contributed by atoms with Crippen molar-refractivity contribution in [3.63, 3.8) is 0 Å². The van der Waals surface area contributed by atoms with Crippen LogP contribution in [0.15, 0.2) is 42.5 Å². The van der Waals surface area contributed by atoms with Crippen LogP contribution in [0.25, 0.3) is 0 Å². The van der Waals surface area contributed by atoms with Crippen molar-refractivity contribution in [3.05, 3.63) is 70.3 Å². The highest BCUT2D eigenvalue weighted by Gasteiger charge is 2.31. The Balaban J connectivity index is 1.82. The molecule has 1 N–H and O–H groups in total. The van der Waals surface area contributed by atoms with Crippen LogP contribution >= 0.6 is 0 Å². The molecule has 0 aromatic heterocycles. The van der Waals surface area contributed by atoms with Gasteiger partial charge in [-0.3, -0.25) is 0 Å². The van der Waals surface area contributed by atoms with Gasteiger partial charge in [0.25, 0.3) is 0 Å². The van der Waals surface area contributed by atoms with Crippen LogP contribution in [0.4, 0.5) is 0 Å². The Labute approximate surface area is 174 Å². The van der Waals surface area contributed by atoms with E-state index in [0.29, 0.717) is 17.0 Å². The van der Waals surface area contributed by atoms with E-state index in [-0.39, 0.29) is 5.92 Å². The fourth-order valence-electron chi connectivity index (χ4n) is 4.73. The number of aryl methyl sites for hydroxylation is 1. The highest BCUT2D eigenvalue weighted by atomic mass is 16.4. The molecule has 3 rings (SSSR count). The molecule has 2 aromatic rings. The van der Waals surface area contributed by atoms with Gasteiger partial charge in [-0.25, -0.2) is 4.79 Å². The van der Waals surface area contributed by atoms with E-state index in [1.807, 2.05) is 24.3 Å². The van der Waals surface area contributed by atoms with Crippen molar-refractivity contribution >= 4 is 5.97 Å². The summed E-state index contributed by atoms with van der Waals surface area (Å²) < 4.78 is 0. The molecule has 0 aliphatic heterocycles. The molecule has 0 bridgehead atoms. The lowest BCUT2D eigenvalue weighted by Crippen LogP contribution is -2.22. The predicted molar refractivity (Wildman–Crippen MR) is 116 cm³/mol. The highest BCUT2D eigenvalue weighted by molar-refractivity contribution is 5.88. The first-order valence-corrected chi connectivity index (χ1v) is 11.0. The average molecular weight is 390 g/mol. The maximum absolute atomic E-state index is 11.4. The highest BCUT2D eigenvalue weighted by Crippen LogP contribution is 2.43. The Hall–Kier alpha value is -2.60. The Bertz CT molecular complexity index is 863. The number of benzene rings is 2. The van der Waals surface area contributed by atoms with Gasteiger partial charge >= 0.3 is 5.97 Å². The normalized spacial score (nSPS) is 18.1. The molecule has 0 fully saturated rings. The number of rotatable bonds is 9. The van der Waals surface area contributed by atoms with Crippen LogP contribution in [0.3, 0.4) is 0 Å². The quantitative estimate of drug-likeness (QED) is 0.485. The van der Waals surface area contributed by atoms with Gasteiger partial charge in [-0.15, -0.1) is 0 Å². The summed E-state index contributed by atoms with van der Waals surface area (Å²) in [5, 5.41) is 18.5. The van der Waals surface area contributed by atoms with E-state index < -0.39 is 5.97 Å². The molecule has 2 aromatic carbocycles. The van der Waals surface area contributed by atoms with Gasteiger partial charge in [-0.1, -0.05) is 63.6 Å². The summed E-state index contributed by atoms with van der Waals surface area (Å²) in [6, 6.07) is 15.8. The van der Waals surface area contributed by atoms with Crippen molar-refractivity contribution < 1.29 is 9.90 Å². The molecular weight excluding hydrogens is 358 g/mol. The monoisotopic (exact) mass is 389 g/mol. The van der Waals surface area contributed by atoms with Crippen LogP contribution < -0.4 is 0 Å². The molecule has 1 aliphatic carbocycles. The second-order valence-electron chi connectivity index (χ2n) is 8.29. The summed E-state index contributed by atoms with van der Waals surface area (Å²) in [4.78, 5) is 11.4. The van der Waals surface area contributed by atoms with E-state index in [9.17, 15) is 9.90 Å². The van der Waals surface area contributed by atoms with Gasteiger partial charge in [0.2, 0.25) is 0 Å². The number of aromatic carboxylic acids is 1. The molecule has 0 heterocycles. The van der Waals surface area contributed by atoms with Crippen molar-refractivity contribution in [3.8, 4) is 6.07 Å². The number of hydrogen-bond donors (Lipinski definition) is 1. The molecule has 29 heavy (non-hydrogen) atoms. The van der Waals surface area contributed by atoms with Crippen LogP contribution in [0, 0.1) is 17.2 Å². The molecule has 3 nitrogen and oxygen atoms in total. The van der Waals surface area contributed by atoms with E-state index in [4.69, 9.17) is 5.26 Å². The smallest absolute Gasteiger partial charge is 0.335 e. The number of carboxylic acids is 1. The van der Waals surface area contributed by atoms with E-state index in [1.54, 1.807) is 6.07 Å². The predicted octanol–water partition coefficient (Wildman–Crippen LogP) is 6.70. The molecule has 0 spiro atoms. The first kappa shape index (κ1) is 21.1. The van der Waals surface area contributed by atoms with E-state index in [0.717, 1.165) is 12.8 Å². The Morgan fingerprint density at radius 2 is 1.79 bits per heavy atom. The van der Waals surface area contributed by atoms with Crippen molar-refractivity contribution in [2.24, 2.45) is 5.92 Å². The van der Waals surface area contributed by atoms with Crippen LogP contribution in [0.2, 0.25) is 0 Å². The third-order valence-corrected chi connectivity index (χ3v) is 6.31. The molecule has 2 unspecified atom stereocenters. The summed E-state index contributed by atoms with van der Waals surface area (Å²) in [7, 11) is 0. The lowest BCUT2D eigenvalue weighted by molar-refractivity contribution is 0.0696. The molecule has 2 atom stereocenters.